The van der Waals surface area contributed by atoms with Crippen molar-refractivity contribution in [1.82, 2.24) is 10.2 Å². The second kappa shape index (κ2) is 6.20. The first-order valence-electron chi connectivity index (χ1n) is 7.27. The van der Waals surface area contributed by atoms with Crippen molar-refractivity contribution in [2.24, 2.45) is 5.41 Å². The summed E-state index contributed by atoms with van der Waals surface area (Å²) in [5, 5.41) is 13.1. The van der Waals surface area contributed by atoms with Gasteiger partial charge in [0.2, 0.25) is 0 Å². The van der Waals surface area contributed by atoms with Crippen LogP contribution in [0, 0.1) is 18.2 Å². The molecule has 1 heterocycles. The first-order valence-corrected chi connectivity index (χ1v) is 7.27. The van der Waals surface area contributed by atoms with Crippen LogP contribution in [0.4, 0.5) is 4.39 Å². The lowest BCUT2D eigenvalue weighted by atomic mass is 9.79. The summed E-state index contributed by atoms with van der Waals surface area (Å²) in [6.45, 7) is 9.50. The fourth-order valence-electron chi connectivity index (χ4n) is 2.99. The summed E-state index contributed by atoms with van der Waals surface area (Å²) in [6, 6.07) is 5.29. The van der Waals surface area contributed by atoms with Crippen molar-refractivity contribution in [1.29, 1.82) is 0 Å². The highest BCUT2D eigenvalue weighted by Crippen LogP contribution is 2.39. The van der Waals surface area contributed by atoms with E-state index in [0.29, 0.717) is 5.56 Å². The van der Waals surface area contributed by atoms with E-state index >= 15 is 0 Å². The highest BCUT2D eigenvalue weighted by molar-refractivity contribution is 5.28. The number of aliphatic hydroxyl groups is 1. The second-order valence-corrected chi connectivity index (χ2v) is 6.36. The Kier molecular flexibility index (Phi) is 4.78. The Balaban J connectivity index is 2.39. The van der Waals surface area contributed by atoms with E-state index in [2.05, 4.69) is 10.2 Å². The average Bonchev–Trinajstić information content (AvgIpc) is 2.43. The molecule has 0 aromatic heterocycles. The van der Waals surface area contributed by atoms with Gasteiger partial charge in [-0.3, -0.25) is 4.90 Å². The van der Waals surface area contributed by atoms with Gasteiger partial charge in [0.25, 0.3) is 0 Å². The smallest absolute Gasteiger partial charge is 0.128 e. The van der Waals surface area contributed by atoms with Crippen LogP contribution < -0.4 is 5.32 Å². The number of aryl methyl sites for hydroxylation is 1. The maximum Gasteiger partial charge on any atom is 0.128 e. The lowest BCUT2D eigenvalue weighted by Gasteiger charge is -2.43. The molecule has 1 atom stereocenters. The Hall–Kier alpha value is -0.970. The molecule has 0 saturated carbocycles. The molecule has 112 valence electrons. The van der Waals surface area contributed by atoms with E-state index in [-0.39, 0.29) is 23.9 Å². The van der Waals surface area contributed by atoms with Crippen molar-refractivity contribution in [3.05, 3.63) is 35.1 Å². The number of hydrogen-bond acceptors (Lipinski definition) is 3. The van der Waals surface area contributed by atoms with Crippen molar-refractivity contribution < 1.29 is 9.50 Å². The molecule has 1 saturated heterocycles. The van der Waals surface area contributed by atoms with Crippen LogP contribution in [0.3, 0.4) is 0 Å². The highest BCUT2D eigenvalue weighted by atomic mass is 19.1. The van der Waals surface area contributed by atoms with Crippen molar-refractivity contribution in [3.63, 3.8) is 0 Å². The maximum absolute atomic E-state index is 14.4. The summed E-state index contributed by atoms with van der Waals surface area (Å²) in [5.41, 5.74) is 1.23. The summed E-state index contributed by atoms with van der Waals surface area (Å²) in [4.78, 5) is 2.28. The van der Waals surface area contributed by atoms with E-state index < -0.39 is 0 Å². The molecular formula is C16H25FN2O. The van der Waals surface area contributed by atoms with Crippen molar-refractivity contribution >= 4 is 0 Å². The molecule has 1 fully saturated rings. The first-order chi connectivity index (χ1) is 9.45. The van der Waals surface area contributed by atoms with Crippen LogP contribution in [0.25, 0.3) is 0 Å². The molecule has 2 N–H and O–H groups in total. The van der Waals surface area contributed by atoms with E-state index in [4.69, 9.17) is 0 Å². The number of rotatable bonds is 4. The number of hydrogen-bond donors (Lipinski definition) is 2. The monoisotopic (exact) mass is 280 g/mol. The molecule has 1 aromatic rings. The van der Waals surface area contributed by atoms with Gasteiger partial charge in [0, 0.05) is 49.8 Å². The van der Waals surface area contributed by atoms with Gasteiger partial charge in [0.05, 0.1) is 0 Å². The van der Waals surface area contributed by atoms with Crippen molar-refractivity contribution in [2.45, 2.75) is 26.8 Å². The van der Waals surface area contributed by atoms with Gasteiger partial charge in [-0.2, -0.15) is 0 Å². The van der Waals surface area contributed by atoms with Crippen LogP contribution in [0.2, 0.25) is 0 Å². The van der Waals surface area contributed by atoms with Gasteiger partial charge in [0.15, 0.2) is 0 Å². The summed E-state index contributed by atoms with van der Waals surface area (Å²) in [6.07, 6.45) is 0. The average molecular weight is 280 g/mol. The third kappa shape index (κ3) is 3.19. The molecule has 0 spiro atoms. The number of nitrogens with zero attached hydrogens (tertiary/aromatic N) is 1. The van der Waals surface area contributed by atoms with Gasteiger partial charge in [0.1, 0.15) is 5.82 Å². The predicted molar refractivity (Wildman–Crippen MR) is 79.2 cm³/mol. The minimum Gasteiger partial charge on any atom is -0.396 e. The molecule has 0 unspecified atom stereocenters. The molecule has 20 heavy (non-hydrogen) atoms. The van der Waals surface area contributed by atoms with E-state index in [1.807, 2.05) is 32.9 Å². The Morgan fingerprint density at radius 1 is 1.35 bits per heavy atom. The van der Waals surface area contributed by atoms with Crippen LogP contribution in [0.5, 0.6) is 0 Å². The Bertz CT molecular complexity index is 456. The molecule has 3 nitrogen and oxygen atoms in total. The van der Waals surface area contributed by atoms with Gasteiger partial charge >= 0.3 is 0 Å². The fourth-order valence-corrected chi connectivity index (χ4v) is 2.99. The fraction of sp³-hybridized carbons (Fsp3) is 0.625. The second-order valence-electron chi connectivity index (χ2n) is 6.36. The molecule has 4 heteroatoms. The van der Waals surface area contributed by atoms with Gasteiger partial charge in [-0.15, -0.1) is 0 Å². The molecule has 1 aliphatic heterocycles. The van der Waals surface area contributed by atoms with Crippen molar-refractivity contribution in [3.8, 4) is 0 Å². The maximum atomic E-state index is 14.4. The standard InChI is InChI=1S/C16H25FN2O/c1-12-4-5-13(14(17)10-12)15(16(2,3)11-20)19-8-6-18-7-9-19/h4-5,10,15,18,20H,6-9,11H2,1-3H3/t15-/m1/s1. The van der Waals surface area contributed by atoms with Crippen LogP contribution in [-0.2, 0) is 0 Å². The summed E-state index contributed by atoms with van der Waals surface area (Å²) in [7, 11) is 0. The Morgan fingerprint density at radius 3 is 2.55 bits per heavy atom. The third-order valence-corrected chi connectivity index (χ3v) is 4.12. The van der Waals surface area contributed by atoms with Crippen molar-refractivity contribution in [2.75, 3.05) is 32.8 Å². The minimum atomic E-state index is -0.382. The van der Waals surface area contributed by atoms with Gasteiger partial charge in [-0.25, -0.2) is 4.39 Å². The number of aliphatic hydroxyl groups excluding tert-OH is 1. The van der Waals surface area contributed by atoms with Crippen LogP contribution in [-0.4, -0.2) is 42.8 Å². The normalized spacial score (nSPS) is 19.1. The van der Waals surface area contributed by atoms with E-state index in [1.54, 1.807) is 6.07 Å². The Morgan fingerprint density at radius 2 is 2.00 bits per heavy atom. The van der Waals surface area contributed by atoms with Crippen LogP contribution >= 0.6 is 0 Å². The number of benzene rings is 1. The molecule has 0 bridgehead atoms. The molecule has 1 aliphatic rings. The lowest BCUT2D eigenvalue weighted by Crippen LogP contribution is -2.49. The van der Waals surface area contributed by atoms with E-state index in [9.17, 15) is 9.50 Å². The quantitative estimate of drug-likeness (QED) is 0.886. The zero-order valence-electron chi connectivity index (χ0n) is 12.6. The number of piperazine rings is 1. The van der Waals surface area contributed by atoms with E-state index in [1.165, 1.54) is 0 Å². The molecule has 0 radical (unpaired) electrons. The topological polar surface area (TPSA) is 35.5 Å². The minimum absolute atomic E-state index is 0.0366. The van der Waals surface area contributed by atoms with E-state index in [0.717, 1.165) is 31.7 Å². The summed E-state index contributed by atoms with van der Waals surface area (Å²) >= 11 is 0. The zero-order chi connectivity index (χ0) is 14.8. The summed E-state index contributed by atoms with van der Waals surface area (Å²) < 4.78 is 14.4. The molecule has 1 aromatic carbocycles. The summed E-state index contributed by atoms with van der Waals surface area (Å²) in [5.74, 6) is -0.171. The zero-order valence-corrected chi connectivity index (χ0v) is 12.6. The van der Waals surface area contributed by atoms with Crippen LogP contribution in [0.15, 0.2) is 18.2 Å². The lowest BCUT2D eigenvalue weighted by molar-refractivity contribution is 0.0286. The van der Waals surface area contributed by atoms with Crippen LogP contribution in [0.1, 0.15) is 31.0 Å². The predicted octanol–water partition coefficient (Wildman–Crippen LogP) is 2.10. The van der Waals surface area contributed by atoms with Gasteiger partial charge in [-0.05, 0) is 18.6 Å². The number of nitrogens with one attached hydrogen (secondary N) is 1. The largest absolute Gasteiger partial charge is 0.396 e. The molecule has 2 rings (SSSR count). The van der Waals surface area contributed by atoms with Gasteiger partial charge in [-0.1, -0.05) is 26.0 Å². The highest BCUT2D eigenvalue weighted by Gasteiger charge is 2.37. The Labute approximate surface area is 120 Å². The molecule has 0 aliphatic carbocycles. The van der Waals surface area contributed by atoms with Gasteiger partial charge < -0.3 is 10.4 Å². The number of halogens is 1. The SMILES string of the molecule is Cc1ccc([C@@H](N2CCNCC2)C(C)(C)CO)c(F)c1. The third-order valence-electron chi connectivity index (χ3n) is 4.12. The first kappa shape index (κ1) is 15.4. The molecular weight excluding hydrogens is 255 g/mol. The molecule has 0 amide bonds.